The van der Waals surface area contributed by atoms with Crippen LogP contribution in [0, 0.1) is 5.92 Å². The van der Waals surface area contributed by atoms with Gasteiger partial charge in [0.1, 0.15) is 5.00 Å². The van der Waals surface area contributed by atoms with Gasteiger partial charge in [0, 0.05) is 37.0 Å². The summed E-state index contributed by atoms with van der Waals surface area (Å²) < 4.78 is 32.0. The lowest BCUT2D eigenvalue weighted by molar-refractivity contribution is -0.129. The van der Waals surface area contributed by atoms with Crippen molar-refractivity contribution < 1.29 is 32.3 Å². The minimum absolute atomic E-state index is 0.107. The number of sulfonamides is 1. The summed E-state index contributed by atoms with van der Waals surface area (Å²) in [6, 6.07) is 5.65. The van der Waals surface area contributed by atoms with E-state index in [1.807, 2.05) is 0 Å². The van der Waals surface area contributed by atoms with Crippen LogP contribution in [0.1, 0.15) is 57.8 Å². The molecule has 0 spiro atoms. The molecule has 4 amide bonds. The standard InChI is InChI=1S/C25H30N4O7S2/c1-15-8-12-29(13-9-15)38(34,35)18-6-4-17(5-7-18)22(31)26-24-21(23(32)27-25(33)36-3)19-10-11-28(16(2)30)14-20(19)37-24/h4-7,15H,8-14H2,1-3H3,(H,26,31)(H,27,32,33). The minimum atomic E-state index is -3.66. The smallest absolute Gasteiger partial charge is 0.413 e. The van der Waals surface area contributed by atoms with Gasteiger partial charge in [-0.25, -0.2) is 13.2 Å². The molecule has 1 saturated heterocycles. The third kappa shape index (κ3) is 5.74. The van der Waals surface area contributed by atoms with Gasteiger partial charge < -0.3 is 15.0 Å². The van der Waals surface area contributed by atoms with Gasteiger partial charge in [0.05, 0.1) is 24.1 Å². The van der Waals surface area contributed by atoms with Crippen LogP contribution in [0.3, 0.4) is 0 Å². The van der Waals surface area contributed by atoms with Crippen LogP contribution in [0.4, 0.5) is 9.80 Å². The molecule has 2 aliphatic heterocycles. The second-order valence-corrected chi connectivity index (χ2v) is 12.5. The van der Waals surface area contributed by atoms with E-state index in [9.17, 15) is 27.6 Å². The first-order valence-corrected chi connectivity index (χ1v) is 14.5. The van der Waals surface area contributed by atoms with Gasteiger partial charge in [0.25, 0.3) is 11.8 Å². The number of ether oxygens (including phenoxy) is 1. The number of anilines is 1. The Kier molecular flexibility index (Phi) is 8.19. The highest BCUT2D eigenvalue weighted by Crippen LogP contribution is 2.37. The molecule has 0 unspecified atom stereocenters. The van der Waals surface area contributed by atoms with E-state index in [1.165, 1.54) is 35.5 Å². The molecule has 204 valence electrons. The molecule has 1 fully saturated rings. The third-order valence-electron chi connectivity index (χ3n) is 6.85. The fourth-order valence-electron chi connectivity index (χ4n) is 4.53. The minimum Gasteiger partial charge on any atom is -0.453 e. The van der Waals surface area contributed by atoms with Crippen LogP contribution < -0.4 is 10.6 Å². The Morgan fingerprint density at radius 3 is 2.29 bits per heavy atom. The van der Waals surface area contributed by atoms with Crippen molar-refractivity contribution in [3.63, 3.8) is 0 Å². The second kappa shape index (κ2) is 11.2. The number of imide groups is 1. The highest BCUT2D eigenvalue weighted by molar-refractivity contribution is 7.89. The van der Waals surface area contributed by atoms with Gasteiger partial charge in [-0.1, -0.05) is 6.92 Å². The summed E-state index contributed by atoms with van der Waals surface area (Å²) in [5.41, 5.74) is 0.999. The molecule has 0 aliphatic carbocycles. The number of amides is 4. The lowest BCUT2D eigenvalue weighted by Crippen LogP contribution is -2.37. The number of hydrogen-bond acceptors (Lipinski definition) is 8. The lowest BCUT2D eigenvalue weighted by atomic mass is 10.0. The molecule has 0 bridgehead atoms. The van der Waals surface area contributed by atoms with E-state index in [4.69, 9.17) is 0 Å². The topological polar surface area (TPSA) is 142 Å². The normalized spacial score (nSPS) is 16.4. The van der Waals surface area contributed by atoms with Crippen molar-refractivity contribution in [2.45, 2.75) is 44.6 Å². The predicted octanol–water partition coefficient (Wildman–Crippen LogP) is 2.82. The zero-order valence-corrected chi connectivity index (χ0v) is 23.0. The summed E-state index contributed by atoms with van der Waals surface area (Å²) in [5.74, 6) is -0.891. The van der Waals surface area contributed by atoms with Crippen molar-refractivity contribution >= 4 is 50.2 Å². The van der Waals surface area contributed by atoms with Crippen LogP contribution in [0.2, 0.25) is 0 Å². The number of hydrogen-bond donors (Lipinski definition) is 2. The summed E-state index contributed by atoms with van der Waals surface area (Å²) in [4.78, 5) is 52.0. The fourth-order valence-corrected chi connectivity index (χ4v) is 7.26. The quantitative estimate of drug-likeness (QED) is 0.571. The van der Waals surface area contributed by atoms with E-state index in [0.717, 1.165) is 36.2 Å². The number of benzene rings is 1. The Morgan fingerprint density at radius 1 is 1.03 bits per heavy atom. The molecule has 0 saturated carbocycles. The van der Waals surface area contributed by atoms with Gasteiger partial charge in [-0.2, -0.15) is 4.31 Å². The molecule has 3 heterocycles. The van der Waals surface area contributed by atoms with Crippen molar-refractivity contribution in [1.29, 1.82) is 0 Å². The molecule has 2 N–H and O–H groups in total. The van der Waals surface area contributed by atoms with E-state index in [0.29, 0.717) is 37.5 Å². The zero-order chi connectivity index (χ0) is 27.6. The lowest BCUT2D eigenvalue weighted by Gasteiger charge is -2.29. The largest absolute Gasteiger partial charge is 0.453 e. The third-order valence-corrected chi connectivity index (χ3v) is 9.90. The molecule has 38 heavy (non-hydrogen) atoms. The number of nitrogens with zero attached hydrogens (tertiary/aromatic N) is 2. The van der Waals surface area contributed by atoms with Gasteiger partial charge in [-0.05, 0) is 55.0 Å². The Hall–Kier alpha value is -3.29. The number of fused-ring (bicyclic) bond motifs is 1. The number of piperidine rings is 1. The van der Waals surface area contributed by atoms with Crippen LogP contribution in [-0.2, 0) is 32.5 Å². The first-order chi connectivity index (χ1) is 18.0. The maximum Gasteiger partial charge on any atom is 0.413 e. The first kappa shape index (κ1) is 27.7. The zero-order valence-electron chi connectivity index (χ0n) is 21.4. The highest BCUT2D eigenvalue weighted by Gasteiger charge is 2.31. The van der Waals surface area contributed by atoms with Gasteiger partial charge in [0.15, 0.2) is 0 Å². The van der Waals surface area contributed by atoms with E-state index >= 15 is 0 Å². The van der Waals surface area contributed by atoms with E-state index in [2.05, 4.69) is 22.3 Å². The molecule has 1 aromatic heterocycles. The fraction of sp³-hybridized carbons (Fsp3) is 0.440. The number of carbonyl (C=O) groups is 4. The van der Waals surface area contributed by atoms with Gasteiger partial charge >= 0.3 is 6.09 Å². The van der Waals surface area contributed by atoms with Gasteiger partial charge in [-0.15, -0.1) is 11.3 Å². The van der Waals surface area contributed by atoms with Crippen molar-refractivity contribution in [1.82, 2.24) is 14.5 Å². The number of nitrogens with one attached hydrogen (secondary N) is 2. The Balaban J connectivity index is 1.57. The number of alkyl carbamates (subject to hydrolysis) is 1. The van der Waals surface area contributed by atoms with Gasteiger partial charge in [0.2, 0.25) is 15.9 Å². The average molecular weight is 563 g/mol. The summed E-state index contributed by atoms with van der Waals surface area (Å²) in [6.45, 7) is 5.17. The van der Waals surface area contributed by atoms with Crippen molar-refractivity contribution in [3.8, 4) is 0 Å². The molecule has 0 atom stereocenters. The molecule has 2 aliphatic rings. The van der Waals surface area contributed by atoms with Crippen molar-refractivity contribution in [2.75, 3.05) is 32.1 Å². The Labute approximate surface area is 225 Å². The highest BCUT2D eigenvalue weighted by atomic mass is 32.2. The van der Waals surface area contributed by atoms with Crippen molar-refractivity contribution in [3.05, 3.63) is 45.8 Å². The Morgan fingerprint density at radius 2 is 1.68 bits per heavy atom. The molecular weight excluding hydrogens is 532 g/mol. The van der Waals surface area contributed by atoms with Crippen LogP contribution >= 0.6 is 11.3 Å². The predicted molar refractivity (Wildman–Crippen MR) is 141 cm³/mol. The molecule has 0 radical (unpaired) electrons. The van der Waals surface area contributed by atoms with E-state index in [1.54, 1.807) is 4.90 Å². The molecule has 1 aromatic carbocycles. The van der Waals surface area contributed by atoms with Crippen molar-refractivity contribution in [2.24, 2.45) is 5.92 Å². The molecule has 4 rings (SSSR count). The van der Waals surface area contributed by atoms with Crippen LogP contribution in [0.5, 0.6) is 0 Å². The number of thiophene rings is 1. The van der Waals surface area contributed by atoms with E-state index < -0.39 is 27.9 Å². The number of rotatable bonds is 5. The molecule has 2 aromatic rings. The molecule has 11 nitrogen and oxygen atoms in total. The SMILES string of the molecule is COC(=O)NC(=O)c1c(NC(=O)c2ccc(S(=O)(=O)N3CCC(C)CC3)cc2)sc2c1CCN(C(C)=O)C2. The molecular formula is C25H30N4O7S2. The Bertz CT molecular complexity index is 1360. The summed E-state index contributed by atoms with van der Waals surface area (Å²) in [5, 5.41) is 5.09. The maximum atomic E-state index is 13.1. The van der Waals surface area contributed by atoms with Crippen LogP contribution in [0.15, 0.2) is 29.2 Å². The van der Waals surface area contributed by atoms with Gasteiger partial charge in [-0.3, -0.25) is 19.7 Å². The van der Waals surface area contributed by atoms with E-state index in [-0.39, 0.29) is 33.5 Å². The average Bonchev–Trinajstić information content (AvgIpc) is 3.25. The monoisotopic (exact) mass is 562 g/mol. The summed E-state index contributed by atoms with van der Waals surface area (Å²) in [7, 11) is -2.52. The van der Waals surface area contributed by atoms with Crippen LogP contribution in [-0.4, -0.2) is 68.2 Å². The number of methoxy groups -OCH3 is 1. The second-order valence-electron chi connectivity index (χ2n) is 9.41. The molecule has 13 heteroatoms. The first-order valence-electron chi connectivity index (χ1n) is 12.2. The summed E-state index contributed by atoms with van der Waals surface area (Å²) >= 11 is 1.15. The number of carbonyl (C=O) groups excluding carboxylic acids is 4. The van der Waals surface area contributed by atoms with Crippen LogP contribution in [0.25, 0.3) is 0 Å². The maximum absolute atomic E-state index is 13.1. The summed E-state index contributed by atoms with van der Waals surface area (Å²) in [6.07, 6.45) is 1.06.